The number of hydrogen-bond acceptors (Lipinski definition) is 3. The molecule has 1 aromatic rings. The first-order valence-electron chi connectivity index (χ1n) is 6.27. The van der Waals surface area contributed by atoms with E-state index in [0.717, 1.165) is 5.56 Å². The van der Waals surface area contributed by atoms with Gasteiger partial charge in [-0.3, -0.25) is 0 Å². The molecule has 0 aromatic heterocycles. The van der Waals surface area contributed by atoms with E-state index in [1.165, 1.54) is 0 Å². The average molecular weight is 250 g/mol. The Bertz CT molecular complexity index is 443. The second kappa shape index (κ2) is 4.98. The zero-order valence-electron chi connectivity index (χ0n) is 10.4. The van der Waals surface area contributed by atoms with Crippen molar-refractivity contribution in [1.82, 2.24) is 0 Å². The van der Waals surface area contributed by atoms with E-state index < -0.39 is 17.5 Å². The van der Waals surface area contributed by atoms with Crippen molar-refractivity contribution >= 4 is 5.97 Å². The highest BCUT2D eigenvalue weighted by Crippen LogP contribution is 2.42. The van der Waals surface area contributed by atoms with Gasteiger partial charge in [0.1, 0.15) is 5.75 Å². The number of ether oxygens (including phenoxy) is 1. The average Bonchev–Trinajstić information content (AvgIpc) is 2.38. The van der Waals surface area contributed by atoms with Crippen LogP contribution < -0.4 is 4.74 Å². The third-order valence-corrected chi connectivity index (χ3v) is 3.54. The second-order valence-corrected chi connectivity index (χ2v) is 4.71. The smallest absolute Gasteiger partial charge is 0.336 e. The molecule has 2 rings (SSSR count). The molecule has 4 nitrogen and oxygen atoms in total. The number of benzene rings is 1. The van der Waals surface area contributed by atoms with Crippen molar-refractivity contribution in [2.45, 2.75) is 37.7 Å². The SMILES string of the molecule is CCCC(O)(C(=O)O)C1CCOc2ccccc21. The van der Waals surface area contributed by atoms with Crippen LogP contribution in [0.3, 0.4) is 0 Å². The summed E-state index contributed by atoms with van der Waals surface area (Å²) in [5.74, 6) is -0.865. The predicted octanol–water partition coefficient (Wildman–Crippen LogP) is 2.17. The van der Waals surface area contributed by atoms with Crippen molar-refractivity contribution in [2.24, 2.45) is 0 Å². The summed E-state index contributed by atoms with van der Waals surface area (Å²) in [6.45, 7) is 2.32. The molecule has 0 amide bonds. The lowest BCUT2D eigenvalue weighted by molar-refractivity contribution is -0.163. The number of aliphatic hydroxyl groups is 1. The van der Waals surface area contributed by atoms with Crippen molar-refractivity contribution in [1.29, 1.82) is 0 Å². The highest BCUT2D eigenvalue weighted by atomic mass is 16.5. The molecule has 98 valence electrons. The molecule has 0 spiro atoms. The van der Waals surface area contributed by atoms with E-state index in [0.29, 0.717) is 25.2 Å². The molecule has 1 aliphatic heterocycles. The van der Waals surface area contributed by atoms with E-state index in [4.69, 9.17) is 4.74 Å². The van der Waals surface area contributed by atoms with Crippen molar-refractivity contribution < 1.29 is 19.7 Å². The van der Waals surface area contributed by atoms with Gasteiger partial charge in [0.05, 0.1) is 6.61 Å². The standard InChI is InChI=1S/C14H18O4/c1-2-8-14(17,13(15)16)11-7-9-18-12-6-4-3-5-10(11)12/h3-6,11,17H,2,7-9H2,1H3,(H,15,16). The van der Waals surface area contributed by atoms with Crippen LogP contribution in [-0.4, -0.2) is 28.4 Å². The highest BCUT2D eigenvalue weighted by molar-refractivity contribution is 5.79. The van der Waals surface area contributed by atoms with Crippen molar-refractivity contribution in [3.63, 3.8) is 0 Å². The predicted molar refractivity (Wildman–Crippen MR) is 66.8 cm³/mol. The molecule has 0 saturated heterocycles. The Morgan fingerprint density at radius 1 is 1.50 bits per heavy atom. The molecule has 2 atom stereocenters. The Balaban J connectivity index is 2.42. The Hall–Kier alpha value is -1.55. The molecule has 2 unspecified atom stereocenters. The van der Waals surface area contributed by atoms with Crippen molar-refractivity contribution in [2.75, 3.05) is 6.61 Å². The Labute approximate surface area is 106 Å². The molecule has 1 aromatic carbocycles. The molecular formula is C14H18O4. The number of carboxylic acid groups (broad SMARTS) is 1. The Morgan fingerprint density at radius 2 is 2.22 bits per heavy atom. The molecule has 0 radical (unpaired) electrons. The lowest BCUT2D eigenvalue weighted by Gasteiger charge is -2.36. The molecule has 0 aliphatic carbocycles. The molecule has 1 aliphatic rings. The first-order chi connectivity index (χ1) is 8.59. The largest absolute Gasteiger partial charge is 0.493 e. The van der Waals surface area contributed by atoms with Gasteiger partial charge in [0.2, 0.25) is 0 Å². The lowest BCUT2D eigenvalue weighted by Crippen LogP contribution is -2.46. The van der Waals surface area contributed by atoms with Gasteiger partial charge in [-0.15, -0.1) is 0 Å². The molecule has 2 N–H and O–H groups in total. The molecule has 0 fully saturated rings. The molecule has 18 heavy (non-hydrogen) atoms. The van der Waals surface area contributed by atoms with Gasteiger partial charge < -0.3 is 14.9 Å². The zero-order valence-corrected chi connectivity index (χ0v) is 10.4. The molecular weight excluding hydrogens is 232 g/mol. The summed E-state index contributed by atoms with van der Waals surface area (Å²) in [5.41, 5.74) is -0.906. The van der Waals surface area contributed by atoms with Crippen LogP contribution in [0.4, 0.5) is 0 Å². The highest BCUT2D eigenvalue weighted by Gasteiger charge is 2.46. The Kier molecular flexibility index (Phi) is 3.57. The van der Waals surface area contributed by atoms with Gasteiger partial charge in [-0.25, -0.2) is 4.79 Å². The van der Waals surface area contributed by atoms with Crippen LogP contribution >= 0.6 is 0 Å². The minimum Gasteiger partial charge on any atom is -0.493 e. The molecule has 4 heteroatoms. The molecule has 0 saturated carbocycles. The molecule has 0 bridgehead atoms. The van der Waals surface area contributed by atoms with E-state index in [2.05, 4.69) is 0 Å². The normalized spacial score (nSPS) is 21.6. The number of carboxylic acids is 1. The van der Waals surface area contributed by atoms with Crippen molar-refractivity contribution in [3.8, 4) is 5.75 Å². The van der Waals surface area contributed by atoms with E-state index in [1.54, 1.807) is 0 Å². The fourth-order valence-corrected chi connectivity index (χ4v) is 2.65. The zero-order chi connectivity index (χ0) is 13.2. The summed E-state index contributed by atoms with van der Waals surface area (Å²) < 4.78 is 5.50. The van der Waals surface area contributed by atoms with Crippen LogP contribution in [-0.2, 0) is 4.79 Å². The minimum atomic E-state index is -1.70. The van der Waals surface area contributed by atoms with Crippen LogP contribution in [0.5, 0.6) is 5.75 Å². The van der Waals surface area contributed by atoms with Gasteiger partial charge >= 0.3 is 5.97 Å². The van der Waals surface area contributed by atoms with E-state index in [-0.39, 0.29) is 6.42 Å². The summed E-state index contributed by atoms with van der Waals surface area (Å²) in [6, 6.07) is 7.34. The number of para-hydroxylation sites is 1. The van der Waals surface area contributed by atoms with Gasteiger partial charge in [-0.1, -0.05) is 31.5 Å². The first-order valence-corrected chi connectivity index (χ1v) is 6.27. The number of fused-ring (bicyclic) bond motifs is 1. The quantitative estimate of drug-likeness (QED) is 0.859. The fourth-order valence-electron chi connectivity index (χ4n) is 2.65. The van der Waals surface area contributed by atoms with E-state index in [9.17, 15) is 15.0 Å². The number of hydrogen-bond donors (Lipinski definition) is 2. The maximum Gasteiger partial charge on any atom is 0.336 e. The number of aliphatic carboxylic acids is 1. The third-order valence-electron chi connectivity index (χ3n) is 3.54. The van der Waals surface area contributed by atoms with Gasteiger partial charge in [0.15, 0.2) is 5.60 Å². The van der Waals surface area contributed by atoms with E-state index in [1.807, 2.05) is 31.2 Å². The van der Waals surface area contributed by atoms with Gasteiger partial charge in [-0.05, 0) is 18.9 Å². The summed E-state index contributed by atoms with van der Waals surface area (Å²) >= 11 is 0. The first kappa shape index (κ1) is 12.9. The number of rotatable bonds is 4. The van der Waals surface area contributed by atoms with Crippen molar-refractivity contribution in [3.05, 3.63) is 29.8 Å². The van der Waals surface area contributed by atoms with E-state index >= 15 is 0 Å². The van der Waals surface area contributed by atoms with Crippen LogP contribution in [0.15, 0.2) is 24.3 Å². The topological polar surface area (TPSA) is 66.8 Å². The second-order valence-electron chi connectivity index (χ2n) is 4.71. The summed E-state index contributed by atoms with van der Waals surface area (Å²) in [5, 5.41) is 19.9. The van der Waals surface area contributed by atoms with Gasteiger partial charge in [0.25, 0.3) is 0 Å². The Morgan fingerprint density at radius 3 is 2.89 bits per heavy atom. The van der Waals surface area contributed by atoms with Crippen LogP contribution in [0, 0.1) is 0 Å². The summed E-state index contributed by atoms with van der Waals surface area (Å²) in [7, 11) is 0. The number of carbonyl (C=O) groups is 1. The maximum absolute atomic E-state index is 11.4. The van der Waals surface area contributed by atoms with Crippen LogP contribution in [0.25, 0.3) is 0 Å². The lowest BCUT2D eigenvalue weighted by atomic mass is 9.76. The van der Waals surface area contributed by atoms with Crippen LogP contribution in [0.2, 0.25) is 0 Å². The minimum absolute atomic E-state index is 0.251. The third kappa shape index (κ3) is 2.08. The fraction of sp³-hybridized carbons (Fsp3) is 0.500. The molecule has 1 heterocycles. The summed E-state index contributed by atoms with van der Waals surface area (Å²) in [6.07, 6.45) is 1.41. The van der Waals surface area contributed by atoms with Gasteiger partial charge in [-0.2, -0.15) is 0 Å². The summed E-state index contributed by atoms with van der Waals surface area (Å²) in [4.78, 5) is 11.4. The van der Waals surface area contributed by atoms with Gasteiger partial charge in [0, 0.05) is 11.5 Å². The maximum atomic E-state index is 11.4. The monoisotopic (exact) mass is 250 g/mol. The van der Waals surface area contributed by atoms with Crippen LogP contribution in [0.1, 0.15) is 37.7 Å².